The SMILES string of the molecule is NC(=S)c1ccc(F)c(CN2CCCC3CCCC32)c1. The van der Waals surface area contributed by atoms with Crippen molar-refractivity contribution in [3.05, 3.63) is 35.1 Å². The highest BCUT2D eigenvalue weighted by atomic mass is 32.1. The molecule has 2 nitrogen and oxygen atoms in total. The van der Waals surface area contributed by atoms with Crippen molar-refractivity contribution in [1.82, 2.24) is 4.90 Å². The number of halogens is 1. The van der Waals surface area contributed by atoms with Crippen molar-refractivity contribution in [2.45, 2.75) is 44.7 Å². The molecule has 20 heavy (non-hydrogen) atoms. The Bertz CT molecular complexity index is 517. The second-order valence-corrected chi connectivity index (χ2v) is 6.48. The predicted molar refractivity (Wildman–Crippen MR) is 83.1 cm³/mol. The van der Waals surface area contributed by atoms with Crippen molar-refractivity contribution in [3.8, 4) is 0 Å². The summed E-state index contributed by atoms with van der Waals surface area (Å²) < 4.78 is 14.0. The molecule has 0 spiro atoms. The first-order valence-electron chi connectivity index (χ1n) is 7.47. The van der Waals surface area contributed by atoms with E-state index in [1.165, 1.54) is 38.2 Å². The number of hydrogen-bond donors (Lipinski definition) is 1. The van der Waals surface area contributed by atoms with E-state index >= 15 is 0 Å². The number of benzene rings is 1. The fraction of sp³-hybridized carbons (Fsp3) is 0.562. The van der Waals surface area contributed by atoms with E-state index in [0.717, 1.165) is 23.6 Å². The van der Waals surface area contributed by atoms with E-state index in [4.69, 9.17) is 18.0 Å². The molecule has 2 atom stereocenters. The summed E-state index contributed by atoms with van der Waals surface area (Å²) in [5.74, 6) is 0.677. The van der Waals surface area contributed by atoms with Gasteiger partial charge in [-0.3, -0.25) is 4.90 Å². The summed E-state index contributed by atoms with van der Waals surface area (Å²) in [4.78, 5) is 2.80. The van der Waals surface area contributed by atoms with Gasteiger partial charge in [-0.15, -0.1) is 0 Å². The molecule has 0 amide bonds. The largest absolute Gasteiger partial charge is 0.389 e. The number of nitrogens with zero attached hydrogens (tertiary/aromatic N) is 1. The molecule has 1 aromatic rings. The van der Waals surface area contributed by atoms with E-state index in [2.05, 4.69) is 4.90 Å². The third-order valence-corrected chi connectivity index (χ3v) is 5.05. The molecule has 0 bridgehead atoms. The molecule has 3 rings (SSSR count). The Hall–Kier alpha value is -1.00. The fourth-order valence-electron chi connectivity index (χ4n) is 3.82. The van der Waals surface area contributed by atoms with Crippen molar-refractivity contribution in [3.63, 3.8) is 0 Å². The molecular formula is C16H21FN2S. The molecular weight excluding hydrogens is 271 g/mol. The van der Waals surface area contributed by atoms with E-state index in [-0.39, 0.29) is 5.82 Å². The Morgan fingerprint density at radius 2 is 2.10 bits per heavy atom. The molecule has 1 heterocycles. The van der Waals surface area contributed by atoms with E-state index in [0.29, 0.717) is 17.6 Å². The van der Waals surface area contributed by atoms with Gasteiger partial charge in [0.25, 0.3) is 0 Å². The molecule has 4 heteroatoms. The van der Waals surface area contributed by atoms with Crippen LogP contribution in [-0.2, 0) is 6.54 Å². The minimum absolute atomic E-state index is 0.148. The number of piperidine rings is 1. The lowest BCUT2D eigenvalue weighted by Gasteiger charge is -2.37. The molecule has 2 aliphatic rings. The molecule has 2 fully saturated rings. The quantitative estimate of drug-likeness (QED) is 0.867. The van der Waals surface area contributed by atoms with Crippen molar-refractivity contribution >= 4 is 17.2 Å². The molecule has 2 unspecified atom stereocenters. The smallest absolute Gasteiger partial charge is 0.127 e. The van der Waals surface area contributed by atoms with Gasteiger partial charge in [0.05, 0.1) is 0 Å². The third kappa shape index (κ3) is 2.72. The summed E-state index contributed by atoms with van der Waals surface area (Å²) in [5, 5.41) is 0. The van der Waals surface area contributed by atoms with Gasteiger partial charge in [0.1, 0.15) is 10.8 Å². The number of nitrogens with two attached hydrogens (primary N) is 1. The maximum atomic E-state index is 14.0. The van der Waals surface area contributed by atoms with Crippen LogP contribution in [0.4, 0.5) is 4.39 Å². The standard InChI is InChI=1S/C16H21FN2S/c17-14-7-6-12(16(18)20)9-13(14)10-19-8-2-4-11-3-1-5-15(11)19/h6-7,9,11,15H,1-5,8,10H2,(H2,18,20). The first-order valence-corrected chi connectivity index (χ1v) is 7.88. The van der Waals surface area contributed by atoms with Crippen LogP contribution in [0.1, 0.15) is 43.2 Å². The van der Waals surface area contributed by atoms with Crippen LogP contribution in [-0.4, -0.2) is 22.5 Å². The van der Waals surface area contributed by atoms with Gasteiger partial charge in [-0.1, -0.05) is 18.6 Å². The first kappa shape index (κ1) is 14.0. The van der Waals surface area contributed by atoms with E-state index in [1.807, 2.05) is 6.07 Å². The molecule has 0 aromatic heterocycles. The zero-order valence-electron chi connectivity index (χ0n) is 11.6. The molecule has 108 valence electrons. The monoisotopic (exact) mass is 292 g/mol. The molecule has 1 saturated carbocycles. The van der Waals surface area contributed by atoms with Gasteiger partial charge in [0.2, 0.25) is 0 Å². The third-order valence-electron chi connectivity index (χ3n) is 4.81. The number of thiocarbonyl (C=S) groups is 1. The van der Waals surface area contributed by atoms with Gasteiger partial charge in [-0.25, -0.2) is 4.39 Å². The molecule has 1 aliphatic carbocycles. The van der Waals surface area contributed by atoms with Crippen LogP contribution in [0.25, 0.3) is 0 Å². The zero-order chi connectivity index (χ0) is 14.1. The molecule has 2 N–H and O–H groups in total. The number of likely N-dealkylation sites (tertiary alicyclic amines) is 1. The predicted octanol–water partition coefficient (Wildman–Crippen LogP) is 3.22. The van der Waals surface area contributed by atoms with Crippen molar-refractivity contribution in [1.29, 1.82) is 0 Å². The second-order valence-electron chi connectivity index (χ2n) is 6.04. The lowest BCUT2D eigenvalue weighted by atomic mass is 9.91. The maximum Gasteiger partial charge on any atom is 0.127 e. The van der Waals surface area contributed by atoms with Crippen LogP contribution in [0.15, 0.2) is 18.2 Å². The summed E-state index contributed by atoms with van der Waals surface area (Å²) in [7, 11) is 0. The second kappa shape index (κ2) is 5.78. The fourth-order valence-corrected chi connectivity index (χ4v) is 3.95. The van der Waals surface area contributed by atoms with Crippen molar-refractivity contribution in [2.75, 3.05) is 6.54 Å². The van der Waals surface area contributed by atoms with Gasteiger partial charge >= 0.3 is 0 Å². The van der Waals surface area contributed by atoms with Crippen molar-refractivity contribution in [2.24, 2.45) is 11.7 Å². The Labute approximate surface area is 125 Å². The highest BCUT2D eigenvalue weighted by molar-refractivity contribution is 7.80. The van der Waals surface area contributed by atoms with E-state index in [1.54, 1.807) is 6.07 Å². The minimum atomic E-state index is -0.148. The molecule has 0 radical (unpaired) electrons. The summed E-state index contributed by atoms with van der Waals surface area (Å²) in [5.41, 5.74) is 7.13. The molecule has 1 saturated heterocycles. The summed E-state index contributed by atoms with van der Waals surface area (Å²) in [6.45, 7) is 1.77. The van der Waals surface area contributed by atoms with Gasteiger partial charge in [-0.2, -0.15) is 0 Å². The van der Waals surface area contributed by atoms with Crippen LogP contribution in [0, 0.1) is 11.7 Å². The first-order chi connectivity index (χ1) is 9.65. The summed E-state index contributed by atoms with van der Waals surface area (Å²) in [6, 6.07) is 5.61. The average Bonchev–Trinajstić information content (AvgIpc) is 2.90. The Morgan fingerprint density at radius 3 is 2.90 bits per heavy atom. The molecule has 1 aromatic carbocycles. The van der Waals surface area contributed by atoms with Gasteiger partial charge < -0.3 is 5.73 Å². The Balaban J connectivity index is 1.79. The van der Waals surface area contributed by atoms with Gasteiger partial charge in [-0.05, 0) is 56.3 Å². The zero-order valence-corrected chi connectivity index (χ0v) is 12.5. The topological polar surface area (TPSA) is 29.3 Å². The normalized spacial score (nSPS) is 26.4. The van der Waals surface area contributed by atoms with Gasteiger partial charge in [0.15, 0.2) is 0 Å². The number of hydrogen-bond acceptors (Lipinski definition) is 2. The Kier molecular flexibility index (Phi) is 4.03. The lowest BCUT2D eigenvalue weighted by molar-refractivity contribution is 0.104. The summed E-state index contributed by atoms with van der Waals surface area (Å²) in [6.07, 6.45) is 6.51. The molecule has 1 aliphatic heterocycles. The number of fused-ring (bicyclic) bond motifs is 1. The van der Waals surface area contributed by atoms with Crippen LogP contribution < -0.4 is 5.73 Å². The van der Waals surface area contributed by atoms with E-state index in [9.17, 15) is 4.39 Å². The van der Waals surface area contributed by atoms with Crippen LogP contribution >= 0.6 is 12.2 Å². The van der Waals surface area contributed by atoms with Gasteiger partial charge in [0, 0.05) is 23.7 Å². The highest BCUT2D eigenvalue weighted by Gasteiger charge is 2.34. The lowest BCUT2D eigenvalue weighted by Crippen LogP contribution is -2.42. The van der Waals surface area contributed by atoms with Crippen LogP contribution in [0.3, 0.4) is 0 Å². The average molecular weight is 292 g/mol. The van der Waals surface area contributed by atoms with E-state index < -0.39 is 0 Å². The van der Waals surface area contributed by atoms with Crippen molar-refractivity contribution < 1.29 is 4.39 Å². The van der Waals surface area contributed by atoms with Crippen LogP contribution in [0.2, 0.25) is 0 Å². The Morgan fingerprint density at radius 1 is 1.30 bits per heavy atom. The highest BCUT2D eigenvalue weighted by Crippen LogP contribution is 2.37. The summed E-state index contributed by atoms with van der Waals surface area (Å²) >= 11 is 4.99. The van der Waals surface area contributed by atoms with Crippen LogP contribution in [0.5, 0.6) is 0 Å². The minimum Gasteiger partial charge on any atom is -0.389 e. The number of rotatable bonds is 3. The maximum absolute atomic E-state index is 14.0.